The molecule has 5 rings (SSSR count). The molecule has 2 N–H and O–H groups in total. The number of aliphatic hydroxyl groups excluding tert-OH is 1. The molecule has 10 heteroatoms. The summed E-state index contributed by atoms with van der Waals surface area (Å²) in [6, 6.07) is 13.6. The smallest absolute Gasteiger partial charge is 0.253 e. The number of ether oxygens (including phenoxy) is 1. The summed E-state index contributed by atoms with van der Waals surface area (Å²) in [6.07, 6.45) is 5.28. The molecular weight excluding hydrogens is 500 g/mol. The molecule has 1 aliphatic rings. The summed E-state index contributed by atoms with van der Waals surface area (Å²) in [5.41, 5.74) is 3.52. The average Bonchev–Trinajstić information content (AvgIpc) is 2.94. The molecule has 2 atom stereocenters. The number of amides is 1. The van der Waals surface area contributed by atoms with Gasteiger partial charge in [-0.1, -0.05) is 6.07 Å². The fraction of sp³-hybridized carbons (Fsp3) is 0.321. The van der Waals surface area contributed by atoms with Crippen molar-refractivity contribution in [1.29, 1.82) is 0 Å². The number of hydrogen-bond donors (Lipinski definition) is 2. The standard InChI is InChI=1S/C28H30N6O3S/c1-18-16-34(17-19(2)37-18)27-5-3-4-24(33-27)25-7-6-20-13-30-22(11-26(20)32-25)14-31-28(36)21-10-23(15-29-12-21)38-9-8-35/h3-7,10-13,15,18-19,35H,8-9,14,16-17H2,1-2H3,(H,31,36)/t18-,19?/m1/s1. The summed E-state index contributed by atoms with van der Waals surface area (Å²) < 4.78 is 5.86. The van der Waals surface area contributed by atoms with Crippen molar-refractivity contribution < 1.29 is 14.6 Å². The number of morpholine rings is 1. The van der Waals surface area contributed by atoms with Gasteiger partial charge in [-0.25, -0.2) is 9.97 Å². The lowest BCUT2D eigenvalue weighted by Gasteiger charge is -2.36. The molecule has 4 aromatic rings. The van der Waals surface area contributed by atoms with Gasteiger partial charge in [0, 0.05) is 47.7 Å². The van der Waals surface area contributed by atoms with E-state index in [-0.39, 0.29) is 31.3 Å². The first-order valence-corrected chi connectivity index (χ1v) is 13.6. The zero-order valence-electron chi connectivity index (χ0n) is 21.4. The van der Waals surface area contributed by atoms with Crippen LogP contribution in [0.4, 0.5) is 5.82 Å². The SMILES string of the molecule is CC1CN(c2cccc(-c3ccc4cnc(CNC(=O)c5cncc(SCCO)c5)cc4n3)n2)C[C@@H](C)O1. The van der Waals surface area contributed by atoms with Crippen molar-refractivity contribution in [2.75, 3.05) is 30.3 Å². The monoisotopic (exact) mass is 530 g/mol. The third-order valence-corrected chi connectivity index (χ3v) is 7.08. The van der Waals surface area contributed by atoms with E-state index >= 15 is 0 Å². The van der Waals surface area contributed by atoms with Crippen molar-refractivity contribution in [2.24, 2.45) is 0 Å². The third-order valence-electron chi connectivity index (χ3n) is 6.14. The van der Waals surface area contributed by atoms with Crippen molar-refractivity contribution >= 4 is 34.4 Å². The first-order valence-electron chi connectivity index (χ1n) is 12.6. The van der Waals surface area contributed by atoms with Gasteiger partial charge in [0.05, 0.1) is 53.5 Å². The highest BCUT2D eigenvalue weighted by Crippen LogP contribution is 2.24. The van der Waals surface area contributed by atoms with Gasteiger partial charge in [-0.05, 0) is 50.2 Å². The Labute approximate surface area is 225 Å². The van der Waals surface area contributed by atoms with Gasteiger partial charge in [0.1, 0.15) is 5.82 Å². The highest BCUT2D eigenvalue weighted by molar-refractivity contribution is 7.99. The lowest BCUT2D eigenvalue weighted by molar-refractivity contribution is -0.00545. The predicted molar refractivity (Wildman–Crippen MR) is 148 cm³/mol. The maximum absolute atomic E-state index is 12.7. The molecule has 0 bridgehead atoms. The molecule has 1 saturated heterocycles. The van der Waals surface area contributed by atoms with Crippen LogP contribution in [0.25, 0.3) is 22.3 Å². The van der Waals surface area contributed by atoms with E-state index in [2.05, 4.69) is 34.0 Å². The largest absolute Gasteiger partial charge is 0.396 e. The number of pyridine rings is 4. The number of rotatable bonds is 8. The Balaban J connectivity index is 1.31. The maximum atomic E-state index is 12.7. The summed E-state index contributed by atoms with van der Waals surface area (Å²) >= 11 is 1.45. The topological polar surface area (TPSA) is 113 Å². The Morgan fingerprint density at radius 2 is 1.89 bits per heavy atom. The normalized spacial score (nSPS) is 17.5. The zero-order valence-corrected chi connectivity index (χ0v) is 22.2. The van der Waals surface area contributed by atoms with Gasteiger partial charge in [0.15, 0.2) is 0 Å². The van der Waals surface area contributed by atoms with Crippen molar-refractivity contribution in [3.63, 3.8) is 0 Å². The zero-order chi connectivity index (χ0) is 26.5. The van der Waals surface area contributed by atoms with Crippen LogP contribution < -0.4 is 10.2 Å². The first-order chi connectivity index (χ1) is 18.5. The number of thioether (sulfide) groups is 1. The van der Waals surface area contributed by atoms with Crippen LogP contribution in [-0.2, 0) is 11.3 Å². The highest BCUT2D eigenvalue weighted by atomic mass is 32.2. The minimum absolute atomic E-state index is 0.0679. The lowest BCUT2D eigenvalue weighted by atomic mass is 10.1. The molecule has 1 unspecified atom stereocenters. The molecule has 0 aliphatic carbocycles. The second-order valence-electron chi connectivity index (χ2n) is 9.27. The number of carbonyl (C=O) groups is 1. The quantitative estimate of drug-likeness (QED) is 0.329. The number of fused-ring (bicyclic) bond motifs is 1. The van der Waals surface area contributed by atoms with E-state index in [0.29, 0.717) is 17.0 Å². The van der Waals surface area contributed by atoms with Crippen molar-refractivity contribution in [1.82, 2.24) is 25.3 Å². The van der Waals surface area contributed by atoms with Crippen molar-refractivity contribution in [2.45, 2.75) is 37.5 Å². The minimum atomic E-state index is -0.236. The molecular formula is C28H30N6O3S. The van der Waals surface area contributed by atoms with E-state index in [0.717, 1.165) is 46.1 Å². The highest BCUT2D eigenvalue weighted by Gasteiger charge is 2.23. The van der Waals surface area contributed by atoms with Gasteiger partial charge < -0.3 is 20.1 Å². The van der Waals surface area contributed by atoms with Crippen LogP contribution in [0.1, 0.15) is 29.9 Å². The summed E-state index contributed by atoms with van der Waals surface area (Å²) in [6.45, 7) is 6.09. The molecule has 196 valence electrons. The maximum Gasteiger partial charge on any atom is 0.253 e. The van der Waals surface area contributed by atoms with Gasteiger partial charge in [-0.2, -0.15) is 0 Å². The molecule has 5 heterocycles. The molecule has 1 amide bonds. The molecule has 38 heavy (non-hydrogen) atoms. The average molecular weight is 531 g/mol. The number of anilines is 1. The number of aliphatic hydroxyl groups is 1. The van der Waals surface area contributed by atoms with Crippen LogP contribution in [0.5, 0.6) is 0 Å². The number of nitrogens with one attached hydrogen (secondary N) is 1. The lowest BCUT2D eigenvalue weighted by Crippen LogP contribution is -2.45. The molecule has 9 nitrogen and oxygen atoms in total. The minimum Gasteiger partial charge on any atom is -0.396 e. The Hall–Kier alpha value is -3.60. The van der Waals surface area contributed by atoms with E-state index in [1.165, 1.54) is 18.0 Å². The molecule has 0 aromatic carbocycles. The fourth-order valence-electron chi connectivity index (χ4n) is 4.46. The second-order valence-corrected chi connectivity index (χ2v) is 10.4. The molecule has 4 aromatic heterocycles. The van der Waals surface area contributed by atoms with Gasteiger partial charge in [-0.3, -0.25) is 14.8 Å². The fourth-order valence-corrected chi connectivity index (χ4v) is 5.14. The van der Waals surface area contributed by atoms with E-state index in [4.69, 9.17) is 19.8 Å². The van der Waals surface area contributed by atoms with Gasteiger partial charge in [-0.15, -0.1) is 11.8 Å². The van der Waals surface area contributed by atoms with E-state index < -0.39 is 0 Å². The first kappa shape index (κ1) is 26.0. The number of carbonyl (C=O) groups excluding carboxylic acids is 1. The van der Waals surface area contributed by atoms with Crippen LogP contribution in [0.2, 0.25) is 0 Å². The summed E-state index contributed by atoms with van der Waals surface area (Å²) in [4.78, 5) is 34.1. The number of aromatic nitrogens is 4. The van der Waals surface area contributed by atoms with Crippen LogP contribution in [-0.4, -0.2) is 68.6 Å². The Morgan fingerprint density at radius 3 is 2.71 bits per heavy atom. The predicted octanol–water partition coefficient (Wildman–Crippen LogP) is 3.71. The Kier molecular flexibility index (Phi) is 8.11. The van der Waals surface area contributed by atoms with Crippen LogP contribution in [0.3, 0.4) is 0 Å². The molecule has 0 radical (unpaired) electrons. The third kappa shape index (κ3) is 6.27. The summed E-state index contributed by atoms with van der Waals surface area (Å²) in [7, 11) is 0. The van der Waals surface area contributed by atoms with Crippen LogP contribution >= 0.6 is 11.8 Å². The molecule has 1 fully saturated rings. The summed E-state index contributed by atoms with van der Waals surface area (Å²) in [5.74, 6) is 1.23. The Bertz CT molecular complexity index is 1420. The van der Waals surface area contributed by atoms with Crippen LogP contribution in [0, 0.1) is 0 Å². The van der Waals surface area contributed by atoms with Crippen molar-refractivity contribution in [3.05, 3.63) is 72.3 Å². The number of hydrogen-bond acceptors (Lipinski definition) is 9. The van der Waals surface area contributed by atoms with E-state index in [9.17, 15) is 4.79 Å². The molecule has 0 spiro atoms. The van der Waals surface area contributed by atoms with Gasteiger partial charge in [0.2, 0.25) is 0 Å². The molecule has 1 aliphatic heterocycles. The molecule has 0 saturated carbocycles. The van der Waals surface area contributed by atoms with E-state index in [1.807, 2.05) is 36.4 Å². The van der Waals surface area contributed by atoms with E-state index in [1.54, 1.807) is 18.5 Å². The second kappa shape index (κ2) is 11.8. The van der Waals surface area contributed by atoms with Gasteiger partial charge >= 0.3 is 0 Å². The van der Waals surface area contributed by atoms with Crippen molar-refractivity contribution in [3.8, 4) is 11.4 Å². The van der Waals surface area contributed by atoms with Gasteiger partial charge in [0.25, 0.3) is 5.91 Å². The summed E-state index contributed by atoms with van der Waals surface area (Å²) in [5, 5.41) is 12.8. The number of nitrogens with zero attached hydrogens (tertiary/aromatic N) is 5. The Morgan fingerprint density at radius 1 is 1.08 bits per heavy atom. The van der Waals surface area contributed by atoms with Crippen LogP contribution in [0.15, 0.2) is 66.0 Å².